The van der Waals surface area contributed by atoms with Crippen LogP contribution < -0.4 is 5.84 Å². The summed E-state index contributed by atoms with van der Waals surface area (Å²) >= 11 is 0.690. The van der Waals surface area contributed by atoms with Crippen LogP contribution in [-0.4, -0.2) is 28.3 Å². The number of carbonyl (C=O) groups excluding carboxylic acids is 1. The Morgan fingerprint density at radius 3 is 2.82 bits per heavy atom. The van der Waals surface area contributed by atoms with Crippen molar-refractivity contribution in [1.29, 1.82) is 0 Å². The Morgan fingerprint density at radius 1 is 1.65 bits per heavy atom. The van der Waals surface area contributed by atoms with E-state index in [9.17, 15) is 13.2 Å². The Labute approximate surface area is 103 Å². The molecule has 94 valence electrons. The van der Waals surface area contributed by atoms with E-state index in [1.807, 2.05) is 0 Å². The maximum Gasteiger partial charge on any atom is 0.313 e. The first-order valence-corrected chi connectivity index (χ1v) is 6.75. The van der Waals surface area contributed by atoms with E-state index in [1.165, 1.54) is 18.3 Å². The monoisotopic (exact) mass is 277 g/mol. The fraction of sp³-hybridized carbons (Fsp3) is 0.250. The van der Waals surface area contributed by atoms with Crippen molar-refractivity contribution in [2.45, 2.75) is 23.3 Å². The number of nitrogens with zero attached hydrogens (tertiary/aromatic N) is 2. The van der Waals surface area contributed by atoms with Crippen LogP contribution in [0.2, 0.25) is 0 Å². The second-order valence-electron chi connectivity index (χ2n) is 2.95. The van der Waals surface area contributed by atoms with Gasteiger partial charge in [0.2, 0.25) is 5.91 Å². The summed E-state index contributed by atoms with van der Waals surface area (Å²) in [5.74, 6) is 5.04. The van der Waals surface area contributed by atoms with Crippen LogP contribution in [0.25, 0.3) is 0 Å². The molecule has 0 radical (unpaired) electrons. The van der Waals surface area contributed by atoms with E-state index in [2.05, 4.69) is 4.98 Å². The molecule has 9 heteroatoms. The minimum absolute atomic E-state index is 0.0827. The molecule has 1 aromatic heterocycles. The number of rotatable bonds is 4. The van der Waals surface area contributed by atoms with Crippen molar-refractivity contribution >= 4 is 28.0 Å². The molecular formula is C8H11N3O4S2. The normalized spacial score (nSPS) is 11.2. The van der Waals surface area contributed by atoms with E-state index < -0.39 is 15.1 Å². The molecule has 1 heterocycles. The Kier molecular flexibility index (Phi) is 4.46. The quantitative estimate of drug-likeness (QED) is 0.270. The number of nitrogens with two attached hydrogens (primary N) is 1. The third-order valence-electron chi connectivity index (χ3n) is 1.73. The molecule has 0 unspecified atom stereocenters. The topological polar surface area (TPSA) is 114 Å². The maximum absolute atomic E-state index is 11.2. The van der Waals surface area contributed by atoms with Gasteiger partial charge in [0.1, 0.15) is 0 Å². The van der Waals surface area contributed by atoms with Crippen LogP contribution in [-0.2, 0) is 14.9 Å². The van der Waals surface area contributed by atoms with Gasteiger partial charge in [0.25, 0.3) is 0 Å². The summed E-state index contributed by atoms with van der Waals surface area (Å²) in [6.07, 6.45) is 1.40. The van der Waals surface area contributed by atoms with Crippen LogP contribution in [0.1, 0.15) is 13.3 Å². The predicted octanol–water partition coefficient (Wildman–Crippen LogP) is 0.448. The summed E-state index contributed by atoms with van der Waals surface area (Å²) in [5, 5.41) is -0.524. The van der Waals surface area contributed by atoms with E-state index in [0.29, 0.717) is 11.9 Å². The van der Waals surface area contributed by atoms with E-state index in [-0.39, 0.29) is 17.2 Å². The summed E-state index contributed by atoms with van der Waals surface area (Å²) in [5.41, 5.74) is 0. The molecular weight excluding hydrogens is 266 g/mol. The van der Waals surface area contributed by atoms with Gasteiger partial charge in [-0.05, 0) is 12.1 Å². The van der Waals surface area contributed by atoms with Gasteiger partial charge in [0, 0.05) is 24.6 Å². The molecule has 0 saturated heterocycles. The average molecular weight is 277 g/mol. The molecule has 0 fully saturated rings. The summed E-state index contributed by atoms with van der Waals surface area (Å²) < 4.78 is 31.7. The van der Waals surface area contributed by atoms with Crippen molar-refractivity contribution < 1.29 is 17.8 Å². The first-order valence-electron chi connectivity index (χ1n) is 4.54. The minimum Gasteiger partial charge on any atom is -0.281 e. The molecule has 0 aromatic carbocycles. The molecule has 0 bridgehead atoms. The second kappa shape index (κ2) is 5.45. The summed E-state index contributed by atoms with van der Waals surface area (Å²) in [4.78, 5) is 14.8. The SMILES string of the molecule is CCC(=O)N(N)Sc1cccnc1S(=O)(=O)O. The van der Waals surface area contributed by atoms with Crippen molar-refractivity contribution in [3.63, 3.8) is 0 Å². The van der Waals surface area contributed by atoms with Crippen molar-refractivity contribution in [3.8, 4) is 0 Å². The number of aromatic nitrogens is 1. The number of hydrazine groups is 1. The van der Waals surface area contributed by atoms with Gasteiger partial charge in [-0.1, -0.05) is 6.92 Å². The van der Waals surface area contributed by atoms with Crippen LogP contribution >= 0.6 is 11.9 Å². The van der Waals surface area contributed by atoms with E-state index in [0.717, 1.165) is 4.41 Å². The minimum atomic E-state index is -4.44. The fourth-order valence-corrected chi connectivity index (χ4v) is 2.61. The zero-order chi connectivity index (χ0) is 13.1. The predicted molar refractivity (Wildman–Crippen MR) is 61.2 cm³/mol. The smallest absolute Gasteiger partial charge is 0.281 e. The summed E-state index contributed by atoms with van der Waals surface area (Å²) in [6.45, 7) is 1.62. The third kappa shape index (κ3) is 3.66. The lowest BCUT2D eigenvalue weighted by molar-refractivity contribution is -0.125. The van der Waals surface area contributed by atoms with E-state index in [1.54, 1.807) is 6.92 Å². The number of pyridine rings is 1. The van der Waals surface area contributed by atoms with Crippen LogP contribution in [0, 0.1) is 0 Å². The Balaban J connectivity index is 3.04. The number of carbonyl (C=O) groups is 1. The van der Waals surface area contributed by atoms with E-state index in [4.69, 9.17) is 10.4 Å². The van der Waals surface area contributed by atoms with Crippen molar-refractivity contribution in [2.75, 3.05) is 0 Å². The van der Waals surface area contributed by atoms with Gasteiger partial charge in [0.15, 0.2) is 5.03 Å². The molecule has 3 N–H and O–H groups in total. The lowest BCUT2D eigenvalue weighted by Gasteiger charge is -2.14. The molecule has 1 amide bonds. The van der Waals surface area contributed by atoms with Gasteiger partial charge in [-0.3, -0.25) is 9.35 Å². The maximum atomic E-state index is 11.2. The van der Waals surface area contributed by atoms with Gasteiger partial charge in [-0.2, -0.15) is 8.42 Å². The average Bonchev–Trinajstić information content (AvgIpc) is 2.27. The highest BCUT2D eigenvalue weighted by atomic mass is 32.2. The summed E-state index contributed by atoms with van der Waals surface area (Å²) in [7, 11) is -4.44. The molecule has 1 aromatic rings. The van der Waals surface area contributed by atoms with Crippen molar-refractivity contribution in [2.24, 2.45) is 5.84 Å². The van der Waals surface area contributed by atoms with Crippen LogP contribution in [0.4, 0.5) is 0 Å². The summed E-state index contributed by atoms with van der Waals surface area (Å²) in [6, 6.07) is 2.87. The fourth-order valence-electron chi connectivity index (χ4n) is 0.952. The zero-order valence-corrected chi connectivity index (χ0v) is 10.5. The number of hydrogen-bond acceptors (Lipinski definition) is 6. The molecule has 0 atom stereocenters. The Hall–Kier alpha value is -1.16. The molecule has 0 aliphatic heterocycles. The van der Waals surface area contributed by atoms with E-state index >= 15 is 0 Å². The first-order chi connectivity index (χ1) is 7.86. The Morgan fingerprint density at radius 2 is 2.29 bits per heavy atom. The highest BCUT2D eigenvalue weighted by Crippen LogP contribution is 2.25. The molecule has 17 heavy (non-hydrogen) atoms. The zero-order valence-electron chi connectivity index (χ0n) is 8.90. The largest absolute Gasteiger partial charge is 0.313 e. The van der Waals surface area contributed by atoms with Gasteiger partial charge in [-0.25, -0.2) is 15.2 Å². The third-order valence-corrected chi connectivity index (χ3v) is 3.60. The Bertz CT molecular complexity index is 517. The molecule has 0 aliphatic rings. The van der Waals surface area contributed by atoms with Crippen molar-refractivity contribution in [3.05, 3.63) is 18.3 Å². The highest BCUT2D eigenvalue weighted by Gasteiger charge is 2.20. The van der Waals surface area contributed by atoms with Crippen LogP contribution in [0.15, 0.2) is 28.3 Å². The van der Waals surface area contributed by atoms with Crippen LogP contribution in [0.5, 0.6) is 0 Å². The number of amides is 1. The standard InChI is InChI=1S/C8H11N3O4S2/c1-2-7(12)11(9)16-6-4-3-5-10-8(6)17(13,14)15/h3-5H,2,9H2,1H3,(H,13,14,15). The van der Waals surface area contributed by atoms with Gasteiger partial charge >= 0.3 is 10.1 Å². The van der Waals surface area contributed by atoms with Gasteiger partial charge < -0.3 is 0 Å². The molecule has 0 spiro atoms. The lowest BCUT2D eigenvalue weighted by Crippen LogP contribution is -2.30. The molecule has 0 aliphatic carbocycles. The van der Waals surface area contributed by atoms with Crippen molar-refractivity contribution in [1.82, 2.24) is 9.40 Å². The molecule has 7 nitrogen and oxygen atoms in total. The lowest BCUT2D eigenvalue weighted by atomic mass is 10.5. The molecule has 0 saturated carbocycles. The second-order valence-corrected chi connectivity index (χ2v) is 5.30. The molecule has 1 rings (SSSR count). The van der Waals surface area contributed by atoms with Gasteiger partial charge in [0.05, 0.1) is 4.90 Å². The highest BCUT2D eigenvalue weighted by molar-refractivity contribution is 7.98. The van der Waals surface area contributed by atoms with Crippen LogP contribution in [0.3, 0.4) is 0 Å². The van der Waals surface area contributed by atoms with Gasteiger partial charge in [-0.15, -0.1) is 0 Å². The first kappa shape index (κ1) is 13.9. The number of hydrogen-bond donors (Lipinski definition) is 2.